The number of amides is 1. The molecule has 2 aromatic carbocycles. The molecule has 0 aromatic heterocycles. The standard InChI is InChI=1S/C18H20N2O5S2/c19-14-1-3-15(4-2-14)26-16-5-7-17(8-6-16)27(23,24)20(22)18(21)13-9-11-25-12-10-13/h1-8,13,22H,9-12,19H2. The summed E-state index contributed by atoms with van der Waals surface area (Å²) in [6, 6.07) is 13.3. The highest BCUT2D eigenvalue weighted by molar-refractivity contribution is 7.99. The molecule has 0 atom stereocenters. The third-order valence-electron chi connectivity index (χ3n) is 4.22. The Morgan fingerprint density at radius 1 is 1.04 bits per heavy atom. The van der Waals surface area contributed by atoms with Crippen LogP contribution in [0.3, 0.4) is 0 Å². The van der Waals surface area contributed by atoms with Crippen LogP contribution in [0.2, 0.25) is 0 Å². The van der Waals surface area contributed by atoms with E-state index < -0.39 is 21.8 Å². The lowest BCUT2D eigenvalue weighted by molar-refractivity contribution is -0.153. The van der Waals surface area contributed by atoms with Crippen LogP contribution < -0.4 is 5.73 Å². The van der Waals surface area contributed by atoms with E-state index >= 15 is 0 Å². The van der Waals surface area contributed by atoms with Crippen molar-refractivity contribution in [3.63, 3.8) is 0 Å². The van der Waals surface area contributed by atoms with Crippen molar-refractivity contribution in [2.45, 2.75) is 27.5 Å². The van der Waals surface area contributed by atoms with E-state index in [0.717, 1.165) is 9.79 Å². The maximum absolute atomic E-state index is 12.5. The summed E-state index contributed by atoms with van der Waals surface area (Å²) in [5.41, 5.74) is 6.32. The first-order chi connectivity index (χ1) is 12.9. The van der Waals surface area contributed by atoms with Gasteiger partial charge >= 0.3 is 0 Å². The van der Waals surface area contributed by atoms with Gasteiger partial charge in [0.25, 0.3) is 15.9 Å². The zero-order valence-corrected chi connectivity index (χ0v) is 16.1. The molecule has 0 bridgehead atoms. The second-order valence-electron chi connectivity index (χ2n) is 6.12. The van der Waals surface area contributed by atoms with Crippen LogP contribution in [0.15, 0.2) is 63.2 Å². The van der Waals surface area contributed by atoms with E-state index in [1.165, 1.54) is 23.9 Å². The summed E-state index contributed by atoms with van der Waals surface area (Å²) in [6.07, 6.45) is 0.783. The second-order valence-corrected chi connectivity index (χ2v) is 9.03. The summed E-state index contributed by atoms with van der Waals surface area (Å²) in [5, 5.41) is 10.0. The first kappa shape index (κ1) is 19.7. The Morgan fingerprint density at radius 2 is 1.56 bits per heavy atom. The number of hydrogen-bond donors (Lipinski definition) is 2. The molecule has 7 nitrogen and oxygen atoms in total. The maximum atomic E-state index is 12.5. The molecule has 1 aliphatic rings. The van der Waals surface area contributed by atoms with Crippen molar-refractivity contribution in [3.05, 3.63) is 48.5 Å². The van der Waals surface area contributed by atoms with Gasteiger partial charge in [0.05, 0.1) is 4.90 Å². The molecule has 0 aliphatic carbocycles. The lowest BCUT2D eigenvalue weighted by Gasteiger charge is -2.24. The van der Waals surface area contributed by atoms with Crippen LogP contribution in [-0.4, -0.2) is 37.2 Å². The number of rotatable bonds is 5. The zero-order valence-electron chi connectivity index (χ0n) is 14.4. The molecule has 27 heavy (non-hydrogen) atoms. The molecule has 9 heteroatoms. The fraction of sp³-hybridized carbons (Fsp3) is 0.278. The van der Waals surface area contributed by atoms with Gasteiger partial charge in [-0.25, -0.2) is 0 Å². The highest BCUT2D eigenvalue weighted by Crippen LogP contribution is 2.29. The normalized spacial score (nSPS) is 15.4. The lowest BCUT2D eigenvalue weighted by Crippen LogP contribution is -2.40. The lowest BCUT2D eigenvalue weighted by atomic mass is 10.00. The number of sulfonamides is 1. The van der Waals surface area contributed by atoms with Crippen LogP contribution in [0.5, 0.6) is 0 Å². The average molecular weight is 409 g/mol. The van der Waals surface area contributed by atoms with Crippen LogP contribution >= 0.6 is 11.8 Å². The van der Waals surface area contributed by atoms with E-state index in [2.05, 4.69) is 0 Å². The van der Waals surface area contributed by atoms with E-state index in [4.69, 9.17) is 10.5 Å². The minimum absolute atomic E-state index is 0.134. The Hall–Kier alpha value is -2.07. The summed E-state index contributed by atoms with van der Waals surface area (Å²) in [6.45, 7) is 0.753. The van der Waals surface area contributed by atoms with Gasteiger partial charge in [-0.3, -0.25) is 10.0 Å². The number of anilines is 1. The molecule has 1 saturated heterocycles. The van der Waals surface area contributed by atoms with Gasteiger partial charge in [-0.05, 0) is 61.4 Å². The average Bonchev–Trinajstić information content (AvgIpc) is 2.69. The minimum atomic E-state index is -4.31. The Labute approximate surface area is 162 Å². The summed E-state index contributed by atoms with van der Waals surface area (Å²) in [4.78, 5) is 13.9. The molecule has 0 radical (unpaired) electrons. The quantitative estimate of drug-likeness (QED) is 0.445. The van der Waals surface area contributed by atoms with Crippen LogP contribution in [0.1, 0.15) is 12.8 Å². The van der Waals surface area contributed by atoms with Gasteiger partial charge in [0.2, 0.25) is 0 Å². The van der Waals surface area contributed by atoms with E-state index in [-0.39, 0.29) is 9.36 Å². The number of hydroxylamine groups is 1. The number of nitrogens with zero attached hydrogens (tertiary/aromatic N) is 1. The molecule has 1 heterocycles. The number of carbonyl (C=O) groups excluding carboxylic acids is 1. The third kappa shape index (κ3) is 4.62. The van der Waals surface area contributed by atoms with Crippen molar-refractivity contribution in [1.29, 1.82) is 0 Å². The van der Waals surface area contributed by atoms with Gasteiger partial charge in [0.1, 0.15) is 0 Å². The van der Waals surface area contributed by atoms with Gasteiger partial charge in [0, 0.05) is 34.6 Å². The largest absolute Gasteiger partial charge is 0.399 e. The Balaban J connectivity index is 1.72. The number of nitrogen functional groups attached to an aromatic ring is 1. The Bertz CT molecular complexity index is 892. The minimum Gasteiger partial charge on any atom is -0.399 e. The molecular formula is C18H20N2O5S2. The molecule has 1 amide bonds. The fourth-order valence-electron chi connectivity index (χ4n) is 2.67. The highest BCUT2D eigenvalue weighted by atomic mass is 32.2. The second kappa shape index (κ2) is 8.30. The van der Waals surface area contributed by atoms with E-state index in [1.54, 1.807) is 24.3 Å². The van der Waals surface area contributed by atoms with E-state index in [0.29, 0.717) is 31.7 Å². The van der Waals surface area contributed by atoms with Crippen LogP contribution in [0, 0.1) is 5.92 Å². The van der Waals surface area contributed by atoms with Gasteiger partial charge in [-0.15, -0.1) is 4.47 Å². The maximum Gasteiger partial charge on any atom is 0.289 e. The van der Waals surface area contributed by atoms with E-state index in [1.807, 2.05) is 12.1 Å². The number of benzene rings is 2. The number of carbonyl (C=O) groups is 1. The molecule has 1 aliphatic heterocycles. The summed E-state index contributed by atoms with van der Waals surface area (Å²) in [5.74, 6) is -1.38. The third-order valence-corrected chi connectivity index (χ3v) is 6.74. The van der Waals surface area contributed by atoms with Crippen molar-refractivity contribution >= 4 is 33.4 Å². The predicted octanol–water partition coefficient (Wildman–Crippen LogP) is 2.75. The molecule has 2 aromatic rings. The molecule has 0 saturated carbocycles. The van der Waals surface area contributed by atoms with Gasteiger partial charge in [-0.1, -0.05) is 11.8 Å². The first-order valence-electron chi connectivity index (χ1n) is 8.37. The molecule has 3 rings (SSSR count). The van der Waals surface area contributed by atoms with E-state index in [9.17, 15) is 18.4 Å². The molecule has 1 fully saturated rings. The van der Waals surface area contributed by atoms with Crippen molar-refractivity contribution < 1.29 is 23.2 Å². The summed E-state index contributed by atoms with van der Waals surface area (Å²) in [7, 11) is -4.31. The first-order valence-corrected chi connectivity index (χ1v) is 10.6. The van der Waals surface area contributed by atoms with Crippen LogP contribution in [0.4, 0.5) is 5.69 Å². The summed E-state index contributed by atoms with van der Waals surface area (Å²) < 4.78 is 30.1. The van der Waals surface area contributed by atoms with Crippen LogP contribution in [-0.2, 0) is 19.6 Å². The smallest absolute Gasteiger partial charge is 0.289 e. The van der Waals surface area contributed by atoms with Crippen molar-refractivity contribution in [2.24, 2.45) is 5.92 Å². The Kier molecular flexibility index (Phi) is 6.05. The molecular weight excluding hydrogens is 388 g/mol. The summed E-state index contributed by atoms with van der Waals surface area (Å²) >= 11 is 1.45. The van der Waals surface area contributed by atoms with Gasteiger partial charge < -0.3 is 10.5 Å². The predicted molar refractivity (Wildman–Crippen MR) is 101 cm³/mol. The van der Waals surface area contributed by atoms with Gasteiger partial charge in [0.15, 0.2) is 0 Å². The molecule has 0 spiro atoms. The van der Waals surface area contributed by atoms with Crippen LogP contribution in [0.25, 0.3) is 0 Å². The van der Waals surface area contributed by atoms with Crippen molar-refractivity contribution in [3.8, 4) is 0 Å². The molecule has 144 valence electrons. The SMILES string of the molecule is Nc1ccc(Sc2ccc(S(=O)(=O)N(O)C(=O)C3CCOCC3)cc2)cc1. The van der Waals surface area contributed by atoms with Crippen molar-refractivity contribution in [2.75, 3.05) is 18.9 Å². The fourth-order valence-corrected chi connectivity index (χ4v) is 4.55. The molecule has 3 N–H and O–H groups in total. The number of nitrogens with two attached hydrogens (primary N) is 1. The highest BCUT2D eigenvalue weighted by Gasteiger charge is 2.34. The van der Waals surface area contributed by atoms with Gasteiger partial charge in [-0.2, -0.15) is 8.42 Å². The monoisotopic (exact) mass is 408 g/mol. The number of ether oxygens (including phenoxy) is 1. The number of hydrogen-bond acceptors (Lipinski definition) is 7. The Morgan fingerprint density at radius 3 is 2.11 bits per heavy atom. The zero-order chi connectivity index (χ0) is 19.4. The van der Waals surface area contributed by atoms with Crippen molar-refractivity contribution in [1.82, 2.24) is 4.47 Å². The molecule has 0 unspecified atom stereocenters. The topological polar surface area (TPSA) is 110 Å².